The van der Waals surface area contributed by atoms with Gasteiger partial charge >= 0.3 is 0 Å². The molecule has 0 bridgehead atoms. The first-order valence-electron chi connectivity index (χ1n) is 8.84. The molecule has 0 saturated carbocycles. The van der Waals surface area contributed by atoms with E-state index in [1.165, 1.54) is 41.1 Å². The Hall–Kier alpha value is -3.59. The summed E-state index contributed by atoms with van der Waals surface area (Å²) >= 11 is 3.39. The fourth-order valence-electron chi connectivity index (χ4n) is 2.77. The number of benzene rings is 2. The smallest absolute Gasteiger partial charge is 0.259 e. The number of halogens is 2. The summed E-state index contributed by atoms with van der Waals surface area (Å²) in [6.07, 6.45) is 1.45. The van der Waals surface area contributed by atoms with Crippen LogP contribution in [-0.2, 0) is 11.3 Å². The van der Waals surface area contributed by atoms with Crippen LogP contribution in [0.4, 0.5) is 10.1 Å². The lowest BCUT2D eigenvalue weighted by atomic mass is 10.2. The molecular formula is C21H14BrFN4O3. The van der Waals surface area contributed by atoms with Crippen LogP contribution in [0.5, 0.6) is 0 Å². The normalized spacial score (nSPS) is 10.7. The molecule has 30 heavy (non-hydrogen) atoms. The van der Waals surface area contributed by atoms with Crippen LogP contribution in [0.15, 0.2) is 80.7 Å². The zero-order valence-corrected chi connectivity index (χ0v) is 17.0. The van der Waals surface area contributed by atoms with Gasteiger partial charge in [0.1, 0.15) is 12.4 Å². The van der Waals surface area contributed by atoms with Crippen molar-refractivity contribution in [3.05, 3.63) is 87.5 Å². The monoisotopic (exact) mass is 468 g/mol. The molecule has 2 aromatic carbocycles. The molecule has 4 rings (SSSR count). The van der Waals surface area contributed by atoms with E-state index >= 15 is 0 Å². The Bertz CT molecular complexity index is 1280. The molecule has 0 saturated heterocycles. The molecule has 2 aromatic heterocycles. The lowest BCUT2D eigenvalue weighted by Crippen LogP contribution is -2.27. The molecule has 0 fully saturated rings. The molecule has 2 heterocycles. The van der Waals surface area contributed by atoms with Crippen molar-refractivity contribution in [1.82, 2.24) is 14.7 Å². The van der Waals surface area contributed by atoms with Crippen LogP contribution in [0.25, 0.3) is 22.8 Å². The molecule has 7 nitrogen and oxygen atoms in total. The highest BCUT2D eigenvalue weighted by Crippen LogP contribution is 2.23. The Balaban J connectivity index is 1.56. The molecule has 0 aliphatic heterocycles. The third kappa shape index (κ3) is 4.36. The summed E-state index contributed by atoms with van der Waals surface area (Å²) in [6, 6.07) is 16.1. The van der Waals surface area contributed by atoms with E-state index in [9.17, 15) is 14.0 Å². The van der Waals surface area contributed by atoms with Gasteiger partial charge in [0.15, 0.2) is 0 Å². The maximum absolute atomic E-state index is 13.7. The standard InChI is InChI=1S/C21H14BrFN4O3/c22-15-5-3-4-13(10-15)20-25-21(30-26-20)14-8-9-19(29)27(11-14)12-18(28)24-17-7-2-1-6-16(17)23/h1-11H,12H2,(H,24,28). The first-order valence-corrected chi connectivity index (χ1v) is 9.64. The third-order valence-corrected chi connectivity index (χ3v) is 4.69. The van der Waals surface area contributed by atoms with Crippen molar-refractivity contribution < 1.29 is 13.7 Å². The predicted octanol–water partition coefficient (Wildman–Crippen LogP) is 4.11. The Kier molecular flexibility index (Phi) is 5.53. The number of rotatable bonds is 5. The van der Waals surface area contributed by atoms with E-state index in [2.05, 4.69) is 31.4 Å². The Morgan fingerprint density at radius 3 is 2.73 bits per heavy atom. The highest BCUT2D eigenvalue weighted by atomic mass is 79.9. The number of hydrogen-bond acceptors (Lipinski definition) is 5. The van der Waals surface area contributed by atoms with Crippen molar-refractivity contribution in [2.75, 3.05) is 5.32 Å². The second kappa shape index (κ2) is 8.42. The second-order valence-electron chi connectivity index (χ2n) is 6.35. The van der Waals surface area contributed by atoms with Crippen LogP contribution < -0.4 is 10.9 Å². The fourth-order valence-corrected chi connectivity index (χ4v) is 3.17. The number of pyridine rings is 1. The molecular weight excluding hydrogens is 455 g/mol. The van der Waals surface area contributed by atoms with E-state index in [4.69, 9.17) is 4.52 Å². The van der Waals surface area contributed by atoms with Gasteiger partial charge in [0.05, 0.1) is 11.3 Å². The molecule has 0 spiro atoms. The summed E-state index contributed by atoms with van der Waals surface area (Å²) in [5, 5.41) is 6.41. The summed E-state index contributed by atoms with van der Waals surface area (Å²) in [5.74, 6) is -0.507. The molecule has 4 aromatic rings. The van der Waals surface area contributed by atoms with Crippen LogP contribution in [0, 0.1) is 5.82 Å². The van der Waals surface area contributed by atoms with E-state index in [0.29, 0.717) is 11.4 Å². The molecule has 1 N–H and O–H groups in total. The number of carbonyl (C=O) groups excluding carboxylic acids is 1. The minimum absolute atomic E-state index is 0.0438. The Morgan fingerprint density at radius 2 is 1.93 bits per heavy atom. The number of nitrogens with zero attached hydrogens (tertiary/aromatic N) is 3. The van der Waals surface area contributed by atoms with Crippen LogP contribution in [-0.4, -0.2) is 20.6 Å². The van der Waals surface area contributed by atoms with Gasteiger partial charge in [-0.05, 0) is 30.3 Å². The second-order valence-corrected chi connectivity index (χ2v) is 7.26. The van der Waals surface area contributed by atoms with Crippen molar-refractivity contribution in [1.29, 1.82) is 0 Å². The first-order chi connectivity index (χ1) is 14.5. The minimum Gasteiger partial charge on any atom is -0.334 e. The van der Waals surface area contributed by atoms with Gasteiger partial charge in [-0.25, -0.2) is 4.39 Å². The average Bonchev–Trinajstić information content (AvgIpc) is 3.22. The number of carbonyl (C=O) groups is 1. The largest absolute Gasteiger partial charge is 0.334 e. The quantitative estimate of drug-likeness (QED) is 0.475. The molecule has 0 aliphatic carbocycles. The number of nitrogens with one attached hydrogen (secondary N) is 1. The van der Waals surface area contributed by atoms with E-state index in [1.54, 1.807) is 6.07 Å². The molecule has 0 unspecified atom stereocenters. The zero-order chi connectivity index (χ0) is 21.1. The number of para-hydroxylation sites is 1. The highest BCUT2D eigenvalue weighted by Gasteiger charge is 2.14. The highest BCUT2D eigenvalue weighted by molar-refractivity contribution is 9.10. The number of aromatic nitrogens is 3. The molecule has 9 heteroatoms. The summed E-state index contributed by atoms with van der Waals surface area (Å²) < 4.78 is 21.1. The molecule has 0 aliphatic rings. The third-order valence-electron chi connectivity index (χ3n) is 4.20. The number of anilines is 1. The fraction of sp³-hybridized carbons (Fsp3) is 0.0476. The molecule has 0 atom stereocenters. The van der Waals surface area contributed by atoms with E-state index in [-0.39, 0.29) is 18.1 Å². The number of hydrogen-bond donors (Lipinski definition) is 1. The van der Waals surface area contributed by atoms with Gasteiger partial charge in [-0.15, -0.1) is 0 Å². The summed E-state index contributed by atoms with van der Waals surface area (Å²) in [6.45, 7) is -0.298. The van der Waals surface area contributed by atoms with Gasteiger partial charge in [-0.2, -0.15) is 4.98 Å². The predicted molar refractivity (Wildman–Crippen MR) is 112 cm³/mol. The summed E-state index contributed by atoms with van der Waals surface area (Å²) in [4.78, 5) is 28.8. The molecule has 0 radical (unpaired) electrons. The Morgan fingerprint density at radius 1 is 1.10 bits per heavy atom. The van der Waals surface area contributed by atoms with Crippen molar-refractivity contribution in [3.63, 3.8) is 0 Å². The summed E-state index contributed by atoms with van der Waals surface area (Å²) in [7, 11) is 0. The van der Waals surface area contributed by atoms with Gasteiger partial charge in [0.25, 0.3) is 11.4 Å². The first kappa shape index (κ1) is 19.7. The zero-order valence-electron chi connectivity index (χ0n) is 15.4. The van der Waals surface area contributed by atoms with Crippen LogP contribution in [0.1, 0.15) is 0 Å². The Labute approximate surface area is 178 Å². The summed E-state index contributed by atoms with van der Waals surface area (Å²) in [5.41, 5.74) is 0.885. The van der Waals surface area contributed by atoms with E-state index in [0.717, 1.165) is 10.0 Å². The van der Waals surface area contributed by atoms with Gasteiger partial charge < -0.3 is 14.4 Å². The SMILES string of the molecule is O=C(Cn1cc(-c2nc(-c3cccc(Br)c3)no2)ccc1=O)Nc1ccccc1F. The average molecular weight is 469 g/mol. The molecule has 1 amide bonds. The van der Waals surface area contributed by atoms with Crippen molar-refractivity contribution in [2.45, 2.75) is 6.54 Å². The van der Waals surface area contributed by atoms with Gasteiger partial charge in [0.2, 0.25) is 11.7 Å². The van der Waals surface area contributed by atoms with Crippen LogP contribution >= 0.6 is 15.9 Å². The van der Waals surface area contributed by atoms with Crippen LogP contribution in [0.2, 0.25) is 0 Å². The lowest BCUT2D eigenvalue weighted by Gasteiger charge is -2.08. The van der Waals surface area contributed by atoms with Crippen LogP contribution in [0.3, 0.4) is 0 Å². The van der Waals surface area contributed by atoms with Gasteiger partial charge in [-0.1, -0.05) is 45.4 Å². The van der Waals surface area contributed by atoms with Crippen molar-refractivity contribution >= 4 is 27.5 Å². The number of amides is 1. The van der Waals surface area contributed by atoms with E-state index in [1.807, 2.05) is 24.3 Å². The minimum atomic E-state index is -0.558. The van der Waals surface area contributed by atoms with E-state index < -0.39 is 17.3 Å². The maximum Gasteiger partial charge on any atom is 0.259 e. The van der Waals surface area contributed by atoms with Gasteiger partial charge in [-0.3, -0.25) is 9.59 Å². The maximum atomic E-state index is 13.7. The van der Waals surface area contributed by atoms with Gasteiger partial charge in [0, 0.05) is 22.3 Å². The van der Waals surface area contributed by atoms with Crippen molar-refractivity contribution in [3.8, 4) is 22.8 Å². The lowest BCUT2D eigenvalue weighted by molar-refractivity contribution is -0.116. The van der Waals surface area contributed by atoms with Crippen molar-refractivity contribution in [2.24, 2.45) is 0 Å². The molecule has 150 valence electrons. The topological polar surface area (TPSA) is 90.0 Å².